The van der Waals surface area contributed by atoms with Crippen molar-refractivity contribution in [3.63, 3.8) is 0 Å². The summed E-state index contributed by atoms with van der Waals surface area (Å²) < 4.78 is 5.26. The molecule has 1 aromatic rings. The van der Waals surface area contributed by atoms with Crippen molar-refractivity contribution in [2.24, 2.45) is 11.3 Å². The first-order chi connectivity index (χ1) is 9.21. The van der Waals surface area contributed by atoms with Gasteiger partial charge in [-0.3, -0.25) is 4.79 Å². The third-order valence-electron chi connectivity index (χ3n) is 4.30. The maximum absolute atomic E-state index is 12.1. The maximum atomic E-state index is 12.1. The minimum atomic E-state index is -0.331. The van der Waals surface area contributed by atoms with E-state index in [1.54, 1.807) is 0 Å². The van der Waals surface area contributed by atoms with Crippen LogP contribution in [0.3, 0.4) is 0 Å². The molecule has 2 aliphatic rings. The van der Waals surface area contributed by atoms with Gasteiger partial charge in [0.15, 0.2) is 0 Å². The van der Waals surface area contributed by atoms with Crippen LogP contribution in [0.25, 0.3) is 6.08 Å². The predicted molar refractivity (Wildman–Crippen MR) is 75.3 cm³/mol. The van der Waals surface area contributed by atoms with Crippen LogP contribution in [0.2, 0.25) is 0 Å². The average molecular weight is 254 g/mol. The molecule has 1 heterocycles. The molecule has 0 bridgehead atoms. The molecule has 2 atom stereocenters. The number of cyclic esters (lactones) is 1. The molecule has 3 rings (SSSR count). The van der Waals surface area contributed by atoms with Crippen molar-refractivity contribution >= 4 is 12.0 Å². The maximum Gasteiger partial charge on any atom is 0.313 e. The van der Waals surface area contributed by atoms with Gasteiger partial charge in [0.2, 0.25) is 0 Å². The van der Waals surface area contributed by atoms with Crippen molar-refractivity contribution in [3.05, 3.63) is 54.1 Å². The molecule has 1 saturated carbocycles. The Balaban J connectivity index is 1.76. The van der Waals surface area contributed by atoms with Gasteiger partial charge in [-0.2, -0.15) is 0 Å². The Morgan fingerprint density at radius 2 is 2.16 bits per heavy atom. The fraction of sp³-hybridized carbons (Fsp3) is 0.353. The molecule has 1 aromatic carbocycles. The first-order valence-electron chi connectivity index (χ1n) is 6.76. The quantitative estimate of drug-likeness (QED) is 0.608. The normalized spacial score (nSPS) is 29.8. The van der Waals surface area contributed by atoms with Gasteiger partial charge in [0.05, 0.1) is 12.0 Å². The van der Waals surface area contributed by atoms with Crippen molar-refractivity contribution in [3.8, 4) is 0 Å². The summed E-state index contributed by atoms with van der Waals surface area (Å²) in [7, 11) is 0. The zero-order valence-corrected chi connectivity index (χ0v) is 11.0. The van der Waals surface area contributed by atoms with Crippen LogP contribution in [0.4, 0.5) is 0 Å². The number of hydrogen-bond donors (Lipinski definition) is 0. The predicted octanol–water partition coefficient (Wildman–Crippen LogP) is 3.60. The van der Waals surface area contributed by atoms with Crippen LogP contribution >= 0.6 is 0 Å². The van der Waals surface area contributed by atoms with Crippen molar-refractivity contribution in [1.82, 2.24) is 0 Å². The molecule has 2 unspecified atom stereocenters. The fourth-order valence-corrected chi connectivity index (χ4v) is 3.28. The lowest BCUT2D eigenvalue weighted by atomic mass is 9.77. The molecule has 2 nitrogen and oxygen atoms in total. The Morgan fingerprint density at radius 1 is 1.37 bits per heavy atom. The van der Waals surface area contributed by atoms with E-state index in [0.29, 0.717) is 12.5 Å². The third kappa shape index (κ3) is 2.12. The van der Waals surface area contributed by atoms with Crippen LogP contribution in [-0.4, -0.2) is 12.6 Å². The van der Waals surface area contributed by atoms with Crippen LogP contribution in [0, 0.1) is 11.3 Å². The van der Waals surface area contributed by atoms with E-state index < -0.39 is 0 Å². The fourth-order valence-electron chi connectivity index (χ4n) is 3.28. The molecule has 0 N–H and O–H groups in total. The van der Waals surface area contributed by atoms with Crippen molar-refractivity contribution in [2.75, 3.05) is 6.61 Å². The average Bonchev–Trinajstić information content (AvgIpc) is 2.87. The number of benzene rings is 1. The first kappa shape index (κ1) is 12.2. The number of rotatable bonds is 3. The number of fused-ring (bicyclic) bond motifs is 1. The molecule has 98 valence electrons. The highest BCUT2D eigenvalue weighted by Crippen LogP contribution is 2.52. The van der Waals surface area contributed by atoms with E-state index in [9.17, 15) is 4.79 Å². The van der Waals surface area contributed by atoms with Gasteiger partial charge in [-0.15, -0.1) is 0 Å². The van der Waals surface area contributed by atoms with Gasteiger partial charge >= 0.3 is 5.97 Å². The van der Waals surface area contributed by atoms with E-state index in [2.05, 4.69) is 30.9 Å². The molecular formula is C17H18O2. The van der Waals surface area contributed by atoms with Crippen molar-refractivity contribution in [2.45, 2.75) is 19.3 Å². The highest BCUT2D eigenvalue weighted by atomic mass is 16.5. The molecule has 2 heteroatoms. The second-order valence-corrected chi connectivity index (χ2v) is 5.60. The molecule has 2 fully saturated rings. The summed E-state index contributed by atoms with van der Waals surface area (Å²) in [6.07, 6.45) is 6.66. The van der Waals surface area contributed by atoms with E-state index >= 15 is 0 Å². The first-order valence-corrected chi connectivity index (χ1v) is 6.76. The second kappa shape index (κ2) is 4.69. The summed E-state index contributed by atoms with van der Waals surface area (Å²) in [5.41, 5.74) is 2.02. The van der Waals surface area contributed by atoms with Gasteiger partial charge < -0.3 is 4.74 Å². The number of hydrogen-bond acceptors (Lipinski definition) is 2. The Kier molecular flexibility index (Phi) is 3.02. The van der Waals surface area contributed by atoms with Gasteiger partial charge in [0, 0.05) is 5.92 Å². The number of allylic oxidation sites excluding steroid dienone is 2. The van der Waals surface area contributed by atoms with Gasteiger partial charge in [-0.25, -0.2) is 0 Å². The van der Waals surface area contributed by atoms with Crippen molar-refractivity contribution in [1.29, 1.82) is 0 Å². The Morgan fingerprint density at radius 3 is 2.95 bits per heavy atom. The van der Waals surface area contributed by atoms with Crippen LogP contribution in [0.5, 0.6) is 0 Å². The SMILES string of the molecule is C=C1CC2COC(=O)C2(CC=Cc2ccccc2)C1. The standard InChI is InChI=1S/C17H18O2/c1-13-10-15-12-19-16(18)17(15,11-13)9-5-8-14-6-3-2-4-7-14/h2-8,15H,1,9-12H2. The largest absolute Gasteiger partial charge is 0.465 e. The molecule has 1 aliphatic heterocycles. The lowest BCUT2D eigenvalue weighted by Gasteiger charge is -2.21. The monoisotopic (exact) mass is 254 g/mol. The minimum Gasteiger partial charge on any atom is -0.465 e. The summed E-state index contributed by atoms with van der Waals surface area (Å²) in [5.74, 6) is 0.293. The number of ether oxygens (including phenoxy) is 1. The highest BCUT2D eigenvalue weighted by molar-refractivity contribution is 5.81. The Bertz CT molecular complexity index is 529. The molecule has 1 aliphatic carbocycles. The Labute approximate surface area is 113 Å². The molecular weight excluding hydrogens is 236 g/mol. The van der Waals surface area contributed by atoms with E-state index in [0.717, 1.165) is 19.3 Å². The van der Waals surface area contributed by atoms with Crippen LogP contribution in [0.15, 0.2) is 48.6 Å². The molecule has 0 amide bonds. The summed E-state index contributed by atoms with van der Waals surface area (Å²) >= 11 is 0. The zero-order valence-electron chi connectivity index (χ0n) is 11.0. The highest BCUT2D eigenvalue weighted by Gasteiger charge is 2.55. The van der Waals surface area contributed by atoms with Crippen molar-refractivity contribution < 1.29 is 9.53 Å². The van der Waals surface area contributed by atoms with E-state index in [-0.39, 0.29) is 11.4 Å². The Hall–Kier alpha value is -1.83. The summed E-state index contributed by atoms with van der Waals surface area (Å²) in [6.45, 7) is 4.62. The smallest absolute Gasteiger partial charge is 0.313 e. The molecule has 19 heavy (non-hydrogen) atoms. The lowest BCUT2D eigenvalue weighted by Crippen LogP contribution is -2.28. The third-order valence-corrected chi connectivity index (χ3v) is 4.30. The van der Waals surface area contributed by atoms with Gasteiger partial charge in [-0.05, 0) is 24.8 Å². The number of carbonyl (C=O) groups is 1. The van der Waals surface area contributed by atoms with E-state index in [4.69, 9.17) is 4.74 Å². The number of carbonyl (C=O) groups excluding carboxylic acids is 1. The molecule has 0 aromatic heterocycles. The van der Waals surface area contributed by atoms with Gasteiger partial charge in [0.1, 0.15) is 0 Å². The lowest BCUT2D eigenvalue weighted by molar-refractivity contribution is -0.146. The van der Waals surface area contributed by atoms with Crippen LogP contribution in [0.1, 0.15) is 24.8 Å². The second-order valence-electron chi connectivity index (χ2n) is 5.60. The number of esters is 1. The zero-order chi connectivity index (χ0) is 13.3. The summed E-state index contributed by atoms with van der Waals surface area (Å²) in [4.78, 5) is 12.1. The molecule has 0 spiro atoms. The van der Waals surface area contributed by atoms with E-state index in [1.165, 1.54) is 11.1 Å². The van der Waals surface area contributed by atoms with Crippen LogP contribution < -0.4 is 0 Å². The van der Waals surface area contributed by atoms with E-state index in [1.807, 2.05) is 18.2 Å². The topological polar surface area (TPSA) is 26.3 Å². The minimum absolute atomic E-state index is 0.0335. The van der Waals surface area contributed by atoms with Gasteiger partial charge in [0.25, 0.3) is 0 Å². The molecule has 1 saturated heterocycles. The van der Waals surface area contributed by atoms with Crippen LogP contribution in [-0.2, 0) is 9.53 Å². The summed E-state index contributed by atoms with van der Waals surface area (Å²) in [6, 6.07) is 10.2. The summed E-state index contributed by atoms with van der Waals surface area (Å²) in [5, 5.41) is 0. The molecule has 0 radical (unpaired) electrons. The van der Waals surface area contributed by atoms with Gasteiger partial charge in [-0.1, -0.05) is 54.6 Å².